The molecule has 25 heavy (non-hydrogen) atoms. The second-order valence-electron chi connectivity index (χ2n) is 5.03. The first-order valence-corrected chi connectivity index (χ1v) is 9.02. The number of benzene rings is 2. The van der Waals surface area contributed by atoms with Gasteiger partial charge in [-0.25, -0.2) is 9.78 Å². The van der Waals surface area contributed by atoms with E-state index in [9.17, 15) is 4.79 Å². The van der Waals surface area contributed by atoms with Crippen LogP contribution in [0.25, 0.3) is 11.3 Å². The van der Waals surface area contributed by atoms with Crippen molar-refractivity contribution in [1.29, 1.82) is 0 Å². The summed E-state index contributed by atoms with van der Waals surface area (Å²) in [6.45, 7) is 0. The second kappa shape index (κ2) is 8.04. The number of aromatic nitrogens is 1. The summed E-state index contributed by atoms with van der Waals surface area (Å²) in [5.74, 6) is -0.357. The molecule has 5 nitrogen and oxygen atoms in total. The summed E-state index contributed by atoms with van der Waals surface area (Å²) in [4.78, 5) is 15.9. The van der Waals surface area contributed by atoms with Crippen molar-refractivity contribution in [3.8, 4) is 11.3 Å². The largest absolute Gasteiger partial charge is 0.465 e. The van der Waals surface area contributed by atoms with Crippen LogP contribution in [0.15, 0.2) is 63.5 Å². The molecule has 0 fully saturated rings. The smallest absolute Gasteiger partial charge is 0.337 e. The quantitative estimate of drug-likeness (QED) is 0.369. The molecule has 0 saturated carbocycles. The number of halogens is 1. The third-order valence-electron chi connectivity index (χ3n) is 3.35. The van der Waals surface area contributed by atoms with Gasteiger partial charge in [-0.05, 0) is 29.8 Å². The van der Waals surface area contributed by atoms with E-state index >= 15 is 0 Å². The molecule has 0 aliphatic rings. The van der Waals surface area contributed by atoms with Crippen LogP contribution in [0.1, 0.15) is 15.9 Å². The summed E-state index contributed by atoms with van der Waals surface area (Å²) in [5.41, 5.74) is 6.24. The number of esters is 1. The molecule has 0 aliphatic carbocycles. The first-order chi connectivity index (χ1) is 12.2. The van der Waals surface area contributed by atoms with E-state index in [1.165, 1.54) is 18.4 Å². The fourth-order valence-electron chi connectivity index (χ4n) is 2.06. The van der Waals surface area contributed by atoms with Crippen LogP contribution in [0.5, 0.6) is 0 Å². The molecule has 7 heteroatoms. The Morgan fingerprint density at radius 3 is 2.60 bits per heavy atom. The predicted molar refractivity (Wildman–Crippen MR) is 104 cm³/mol. The van der Waals surface area contributed by atoms with E-state index in [1.54, 1.807) is 30.5 Å². The number of methoxy groups -OCH3 is 1. The first-order valence-electron chi connectivity index (χ1n) is 7.34. The third kappa shape index (κ3) is 4.52. The molecule has 0 spiro atoms. The standard InChI is InChI=1S/C18H14BrN3O2S/c1-24-17(23)14-4-2-12(3-5-14)10-20-22-18-21-16(11-25-18)13-6-8-15(19)9-7-13/h2-11H,1H3,(H,21,22)/b20-10-. The SMILES string of the molecule is COC(=O)c1ccc(/C=N\Nc2nc(-c3ccc(Br)cc3)cs2)cc1. The number of carbonyl (C=O) groups is 1. The maximum absolute atomic E-state index is 11.4. The molecule has 3 rings (SSSR count). The van der Waals surface area contributed by atoms with Crippen LogP contribution in [0, 0.1) is 0 Å². The van der Waals surface area contributed by atoms with Crippen LogP contribution in [0.2, 0.25) is 0 Å². The topological polar surface area (TPSA) is 63.6 Å². The van der Waals surface area contributed by atoms with Crippen molar-refractivity contribution in [3.05, 3.63) is 69.5 Å². The molecule has 0 saturated heterocycles. The minimum Gasteiger partial charge on any atom is -0.465 e. The van der Waals surface area contributed by atoms with Crippen LogP contribution in [0.4, 0.5) is 5.13 Å². The van der Waals surface area contributed by atoms with Crippen molar-refractivity contribution < 1.29 is 9.53 Å². The van der Waals surface area contributed by atoms with Crippen molar-refractivity contribution in [3.63, 3.8) is 0 Å². The minimum absolute atomic E-state index is 0.357. The normalized spacial score (nSPS) is 10.8. The zero-order valence-electron chi connectivity index (χ0n) is 13.3. The van der Waals surface area contributed by atoms with Gasteiger partial charge in [0.15, 0.2) is 0 Å². The lowest BCUT2D eigenvalue weighted by molar-refractivity contribution is 0.0600. The highest BCUT2D eigenvalue weighted by atomic mass is 79.9. The Labute approximate surface area is 157 Å². The van der Waals surface area contributed by atoms with E-state index in [1.807, 2.05) is 29.6 Å². The number of hydrogen-bond acceptors (Lipinski definition) is 6. The molecule has 0 atom stereocenters. The average molecular weight is 416 g/mol. The summed E-state index contributed by atoms with van der Waals surface area (Å²) >= 11 is 4.91. The lowest BCUT2D eigenvalue weighted by atomic mass is 10.1. The Bertz CT molecular complexity index is 889. The van der Waals surface area contributed by atoms with Gasteiger partial charge in [0.2, 0.25) is 5.13 Å². The maximum Gasteiger partial charge on any atom is 0.337 e. The third-order valence-corrected chi connectivity index (χ3v) is 4.63. The number of rotatable bonds is 5. The second-order valence-corrected chi connectivity index (χ2v) is 6.80. The number of ether oxygens (including phenoxy) is 1. The van der Waals surface area contributed by atoms with Gasteiger partial charge in [-0.15, -0.1) is 11.3 Å². The number of nitrogens with zero attached hydrogens (tertiary/aromatic N) is 2. The number of hydrazone groups is 1. The summed E-state index contributed by atoms with van der Waals surface area (Å²) < 4.78 is 5.70. The van der Waals surface area contributed by atoms with E-state index in [0.29, 0.717) is 10.7 Å². The van der Waals surface area contributed by atoms with Crippen molar-refractivity contribution in [2.75, 3.05) is 12.5 Å². The van der Waals surface area contributed by atoms with Crippen LogP contribution < -0.4 is 5.43 Å². The Balaban J connectivity index is 1.63. The van der Waals surface area contributed by atoms with Crippen molar-refractivity contribution in [2.24, 2.45) is 5.10 Å². The van der Waals surface area contributed by atoms with Gasteiger partial charge in [0.1, 0.15) is 0 Å². The zero-order valence-corrected chi connectivity index (χ0v) is 15.7. The lowest BCUT2D eigenvalue weighted by Gasteiger charge is -1.99. The molecule has 0 unspecified atom stereocenters. The van der Waals surface area contributed by atoms with Gasteiger partial charge in [-0.3, -0.25) is 5.43 Å². The van der Waals surface area contributed by atoms with E-state index < -0.39 is 0 Å². The monoisotopic (exact) mass is 415 g/mol. The minimum atomic E-state index is -0.357. The first kappa shape index (κ1) is 17.3. The molecule has 0 aliphatic heterocycles. The van der Waals surface area contributed by atoms with Crippen molar-refractivity contribution >= 4 is 44.6 Å². The fraction of sp³-hybridized carbons (Fsp3) is 0.0556. The highest BCUT2D eigenvalue weighted by Crippen LogP contribution is 2.26. The Morgan fingerprint density at radius 1 is 1.20 bits per heavy atom. The molecule has 1 aromatic heterocycles. The van der Waals surface area contributed by atoms with Gasteiger partial charge >= 0.3 is 5.97 Å². The summed E-state index contributed by atoms with van der Waals surface area (Å²) in [6, 6.07) is 15.0. The molecule has 1 heterocycles. The van der Waals surface area contributed by atoms with Gasteiger partial charge in [0.25, 0.3) is 0 Å². The number of hydrogen-bond donors (Lipinski definition) is 1. The number of carbonyl (C=O) groups excluding carboxylic acids is 1. The molecule has 126 valence electrons. The number of anilines is 1. The van der Waals surface area contributed by atoms with Crippen LogP contribution in [0.3, 0.4) is 0 Å². The van der Waals surface area contributed by atoms with Gasteiger partial charge < -0.3 is 4.74 Å². The number of nitrogens with one attached hydrogen (secondary N) is 1. The van der Waals surface area contributed by atoms with Crippen LogP contribution >= 0.6 is 27.3 Å². The molecule has 1 N–H and O–H groups in total. The summed E-state index contributed by atoms with van der Waals surface area (Å²) in [6.07, 6.45) is 1.67. The number of thiazole rings is 1. The van der Waals surface area contributed by atoms with Crippen LogP contribution in [-0.2, 0) is 4.74 Å². The maximum atomic E-state index is 11.4. The van der Waals surface area contributed by atoms with Gasteiger partial charge in [0, 0.05) is 15.4 Å². The highest BCUT2D eigenvalue weighted by molar-refractivity contribution is 9.10. The summed E-state index contributed by atoms with van der Waals surface area (Å²) in [5, 5.41) is 6.86. The molecular weight excluding hydrogens is 402 g/mol. The molecule has 2 aromatic carbocycles. The van der Waals surface area contributed by atoms with Gasteiger partial charge in [-0.2, -0.15) is 5.10 Å². The van der Waals surface area contributed by atoms with Gasteiger partial charge in [0.05, 0.1) is 24.6 Å². The van der Waals surface area contributed by atoms with E-state index in [2.05, 4.69) is 36.2 Å². The molecule has 3 aromatic rings. The Morgan fingerprint density at radius 2 is 1.92 bits per heavy atom. The molecule has 0 amide bonds. The Hall–Kier alpha value is -2.51. The van der Waals surface area contributed by atoms with Crippen molar-refractivity contribution in [2.45, 2.75) is 0 Å². The van der Waals surface area contributed by atoms with E-state index in [0.717, 1.165) is 21.3 Å². The average Bonchev–Trinajstić information content (AvgIpc) is 3.11. The highest BCUT2D eigenvalue weighted by Gasteiger charge is 2.04. The molecule has 0 bridgehead atoms. The lowest BCUT2D eigenvalue weighted by Crippen LogP contribution is -2.00. The predicted octanol–water partition coefficient (Wildman–Crippen LogP) is 4.81. The van der Waals surface area contributed by atoms with Crippen LogP contribution in [-0.4, -0.2) is 24.3 Å². The van der Waals surface area contributed by atoms with Crippen molar-refractivity contribution in [1.82, 2.24) is 4.98 Å². The van der Waals surface area contributed by atoms with E-state index in [-0.39, 0.29) is 5.97 Å². The van der Waals surface area contributed by atoms with Gasteiger partial charge in [-0.1, -0.05) is 40.2 Å². The summed E-state index contributed by atoms with van der Waals surface area (Å²) in [7, 11) is 1.36. The molecule has 0 radical (unpaired) electrons. The Kier molecular flexibility index (Phi) is 5.57. The fourth-order valence-corrected chi connectivity index (χ4v) is 3.00. The zero-order chi connectivity index (χ0) is 17.6. The molecular formula is C18H14BrN3O2S. The van der Waals surface area contributed by atoms with E-state index in [4.69, 9.17) is 0 Å².